The van der Waals surface area contributed by atoms with Crippen LogP contribution in [0.4, 0.5) is 0 Å². The van der Waals surface area contributed by atoms with Gasteiger partial charge in [0.1, 0.15) is 42.7 Å². The molecular formula is C12H23NO10. The Kier molecular flexibility index (Phi) is 6.27. The van der Waals surface area contributed by atoms with Crippen molar-refractivity contribution < 1.29 is 50.0 Å². The predicted molar refractivity (Wildman–Crippen MR) is 70.6 cm³/mol. The minimum Gasteiger partial charge on any atom is -0.394 e. The molecule has 0 aromatic rings. The van der Waals surface area contributed by atoms with Gasteiger partial charge in [-0.15, -0.1) is 0 Å². The Bertz CT molecular complexity index is 383. The zero-order chi connectivity index (χ0) is 17.3. The fraction of sp³-hybridized carbons (Fsp3) is 1.00. The maximum absolute atomic E-state index is 9.98. The van der Waals surface area contributed by atoms with Gasteiger partial charge in [0.2, 0.25) is 0 Å². The zero-order valence-electron chi connectivity index (χ0n) is 12.1. The second kappa shape index (κ2) is 7.63. The molecule has 23 heavy (non-hydrogen) atoms. The van der Waals surface area contributed by atoms with Crippen molar-refractivity contribution in [1.82, 2.24) is 0 Å². The minimum atomic E-state index is -1.71. The van der Waals surface area contributed by atoms with Gasteiger partial charge in [0.25, 0.3) is 0 Å². The van der Waals surface area contributed by atoms with E-state index in [0.717, 1.165) is 0 Å². The first kappa shape index (κ1) is 18.9. The summed E-state index contributed by atoms with van der Waals surface area (Å²) in [5.74, 6) is 0. The molecule has 0 unspecified atom stereocenters. The van der Waals surface area contributed by atoms with Crippen LogP contribution in [0.2, 0.25) is 0 Å². The van der Waals surface area contributed by atoms with Gasteiger partial charge in [0.05, 0.1) is 19.3 Å². The SMILES string of the molecule is N[C@H]1[C@H](O[C@@H]2[C@H](O)[C@@H](O)[C@@H](O)O[C@@H]2CO)O[C@H](CO)[C@H](O)[C@H]1O. The molecule has 9 N–H and O–H groups in total. The molecule has 2 saturated heterocycles. The largest absolute Gasteiger partial charge is 0.394 e. The molecule has 2 aliphatic rings. The summed E-state index contributed by atoms with van der Waals surface area (Å²) < 4.78 is 15.6. The second-order valence-corrected chi connectivity index (χ2v) is 5.61. The maximum atomic E-state index is 9.98. The van der Waals surface area contributed by atoms with Crippen LogP contribution in [0.25, 0.3) is 0 Å². The fourth-order valence-corrected chi connectivity index (χ4v) is 2.62. The molecule has 10 atom stereocenters. The molecule has 0 aliphatic carbocycles. The van der Waals surface area contributed by atoms with E-state index in [1.807, 2.05) is 0 Å². The topological polar surface area (TPSA) is 195 Å². The number of rotatable bonds is 4. The van der Waals surface area contributed by atoms with Gasteiger partial charge in [-0.05, 0) is 0 Å². The molecule has 0 bridgehead atoms. The number of hydrogen-bond donors (Lipinski definition) is 8. The molecule has 11 heteroatoms. The molecule has 2 rings (SSSR count). The number of aliphatic hydroxyl groups excluding tert-OH is 7. The van der Waals surface area contributed by atoms with Crippen LogP contribution in [0.5, 0.6) is 0 Å². The Hall–Kier alpha value is -0.440. The quantitative estimate of drug-likeness (QED) is 0.243. The highest BCUT2D eigenvalue weighted by atomic mass is 16.7. The highest BCUT2D eigenvalue weighted by molar-refractivity contribution is 4.95. The van der Waals surface area contributed by atoms with E-state index in [9.17, 15) is 30.6 Å². The Morgan fingerprint density at radius 2 is 1.39 bits per heavy atom. The Morgan fingerprint density at radius 1 is 0.783 bits per heavy atom. The molecule has 11 nitrogen and oxygen atoms in total. The number of aliphatic hydroxyl groups is 7. The Balaban J connectivity index is 2.11. The van der Waals surface area contributed by atoms with Crippen LogP contribution < -0.4 is 5.73 Å². The van der Waals surface area contributed by atoms with Gasteiger partial charge in [-0.1, -0.05) is 0 Å². The third-order valence-electron chi connectivity index (χ3n) is 4.06. The first-order valence-corrected chi connectivity index (χ1v) is 7.15. The van der Waals surface area contributed by atoms with Gasteiger partial charge < -0.3 is 55.7 Å². The van der Waals surface area contributed by atoms with Crippen LogP contribution in [0, 0.1) is 0 Å². The van der Waals surface area contributed by atoms with Gasteiger partial charge in [0.15, 0.2) is 12.6 Å². The van der Waals surface area contributed by atoms with Gasteiger partial charge >= 0.3 is 0 Å². The normalized spacial score (nSPS) is 51.7. The van der Waals surface area contributed by atoms with E-state index >= 15 is 0 Å². The summed E-state index contributed by atoms with van der Waals surface area (Å²) >= 11 is 0. The molecule has 0 aromatic heterocycles. The maximum Gasteiger partial charge on any atom is 0.184 e. The van der Waals surface area contributed by atoms with Crippen molar-refractivity contribution in [2.24, 2.45) is 5.73 Å². The van der Waals surface area contributed by atoms with Crippen LogP contribution in [-0.4, -0.2) is 110 Å². The summed E-state index contributed by atoms with van der Waals surface area (Å²) in [6, 6.07) is -1.22. The summed E-state index contributed by atoms with van der Waals surface area (Å²) in [5.41, 5.74) is 5.70. The van der Waals surface area contributed by atoms with Gasteiger partial charge in [0, 0.05) is 0 Å². The van der Waals surface area contributed by atoms with Crippen LogP contribution >= 0.6 is 0 Å². The standard InChI is InChI=1S/C12H23NO10/c13-5-7(17)6(16)3(1-14)22-12(5)23-10-4(2-15)21-11(20)9(19)8(10)18/h3-12,14-20H,1-2,13H2/t3-,4-,5-,6+,7+,8-,9-,10+,11+,12+/m1/s1. The molecule has 0 aromatic carbocycles. The smallest absolute Gasteiger partial charge is 0.184 e. The third-order valence-corrected chi connectivity index (χ3v) is 4.06. The highest BCUT2D eigenvalue weighted by Gasteiger charge is 2.49. The zero-order valence-corrected chi connectivity index (χ0v) is 12.1. The Labute approximate surface area is 131 Å². The third kappa shape index (κ3) is 3.65. The highest BCUT2D eigenvalue weighted by Crippen LogP contribution is 2.27. The summed E-state index contributed by atoms with van der Waals surface area (Å²) in [6.45, 7) is -1.25. The van der Waals surface area contributed by atoms with E-state index in [1.54, 1.807) is 0 Å². The first-order valence-electron chi connectivity index (χ1n) is 7.15. The molecule has 0 spiro atoms. The van der Waals surface area contributed by atoms with Gasteiger partial charge in [-0.25, -0.2) is 0 Å². The minimum absolute atomic E-state index is 0.612. The van der Waals surface area contributed by atoms with Crippen LogP contribution in [-0.2, 0) is 14.2 Å². The van der Waals surface area contributed by atoms with E-state index in [4.69, 9.17) is 25.1 Å². The lowest BCUT2D eigenvalue weighted by Crippen LogP contribution is -2.66. The van der Waals surface area contributed by atoms with Crippen molar-refractivity contribution in [3.63, 3.8) is 0 Å². The van der Waals surface area contributed by atoms with E-state index in [0.29, 0.717) is 0 Å². The first-order chi connectivity index (χ1) is 10.8. The summed E-state index contributed by atoms with van der Waals surface area (Å²) in [5, 5.41) is 67.0. The van der Waals surface area contributed by atoms with Crippen molar-refractivity contribution in [2.45, 2.75) is 61.3 Å². The average molecular weight is 341 g/mol. The predicted octanol–water partition coefficient (Wildman–Crippen LogP) is -5.43. The molecular weight excluding hydrogens is 318 g/mol. The monoisotopic (exact) mass is 341 g/mol. The van der Waals surface area contributed by atoms with E-state index in [1.165, 1.54) is 0 Å². The molecule has 0 saturated carbocycles. The summed E-state index contributed by atoms with van der Waals surface area (Å²) in [4.78, 5) is 0. The Morgan fingerprint density at radius 3 is 1.96 bits per heavy atom. The van der Waals surface area contributed by atoms with Crippen molar-refractivity contribution in [1.29, 1.82) is 0 Å². The fourth-order valence-electron chi connectivity index (χ4n) is 2.62. The van der Waals surface area contributed by atoms with Crippen molar-refractivity contribution >= 4 is 0 Å². The van der Waals surface area contributed by atoms with Crippen LogP contribution in [0.15, 0.2) is 0 Å². The lowest BCUT2D eigenvalue weighted by atomic mass is 9.96. The molecule has 2 heterocycles. The van der Waals surface area contributed by atoms with E-state index in [2.05, 4.69) is 0 Å². The van der Waals surface area contributed by atoms with Crippen LogP contribution in [0.1, 0.15) is 0 Å². The molecule has 0 radical (unpaired) electrons. The van der Waals surface area contributed by atoms with Gasteiger partial charge in [-0.2, -0.15) is 0 Å². The average Bonchev–Trinajstić information content (AvgIpc) is 2.55. The molecule has 136 valence electrons. The van der Waals surface area contributed by atoms with Crippen molar-refractivity contribution in [2.75, 3.05) is 13.2 Å². The number of nitrogens with two attached hydrogens (primary N) is 1. The molecule has 2 aliphatic heterocycles. The lowest BCUT2D eigenvalue weighted by Gasteiger charge is -2.45. The molecule has 2 fully saturated rings. The van der Waals surface area contributed by atoms with Crippen LogP contribution in [0.3, 0.4) is 0 Å². The van der Waals surface area contributed by atoms with E-state index in [-0.39, 0.29) is 0 Å². The lowest BCUT2D eigenvalue weighted by molar-refractivity contribution is -0.339. The van der Waals surface area contributed by atoms with Gasteiger partial charge in [-0.3, -0.25) is 0 Å². The van der Waals surface area contributed by atoms with E-state index < -0.39 is 74.6 Å². The van der Waals surface area contributed by atoms with Crippen molar-refractivity contribution in [3.8, 4) is 0 Å². The second-order valence-electron chi connectivity index (χ2n) is 5.61. The summed E-state index contributed by atoms with van der Waals surface area (Å²) in [7, 11) is 0. The number of ether oxygens (including phenoxy) is 3. The number of hydrogen-bond acceptors (Lipinski definition) is 11. The van der Waals surface area contributed by atoms with Crippen molar-refractivity contribution in [3.05, 3.63) is 0 Å². The summed E-state index contributed by atoms with van der Waals surface area (Å²) in [6.07, 6.45) is -12.9. The molecule has 0 amide bonds.